The number of hydrogen-bond donors (Lipinski definition) is 1. The standard InChI is InChI=1S/C15H21N3O/c1-11-5-7-19-14(11)9-16-8-13-4-3-6-18-10-12(2)17-15(13)18/h5,7,10,13,16H,3-4,6,8-9H2,1-2H3. The summed E-state index contributed by atoms with van der Waals surface area (Å²) < 4.78 is 7.75. The average Bonchev–Trinajstić information content (AvgIpc) is 2.95. The van der Waals surface area contributed by atoms with Crippen molar-refractivity contribution in [2.24, 2.45) is 0 Å². The van der Waals surface area contributed by atoms with Gasteiger partial charge in [-0.05, 0) is 38.3 Å². The lowest BCUT2D eigenvalue weighted by Gasteiger charge is -2.23. The van der Waals surface area contributed by atoms with Crippen molar-refractivity contribution in [2.45, 2.75) is 45.7 Å². The molecular formula is C15H21N3O. The van der Waals surface area contributed by atoms with E-state index in [1.54, 1.807) is 6.26 Å². The maximum Gasteiger partial charge on any atom is 0.120 e. The third kappa shape index (κ3) is 2.59. The highest BCUT2D eigenvalue weighted by molar-refractivity contribution is 5.14. The van der Waals surface area contributed by atoms with Crippen molar-refractivity contribution in [3.05, 3.63) is 41.4 Å². The molecule has 1 N–H and O–H groups in total. The van der Waals surface area contributed by atoms with Crippen LogP contribution in [-0.4, -0.2) is 16.1 Å². The first kappa shape index (κ1) is 12.5. The summed E-state index contributed by atoms with van der Waals surface area (Å²) in [5, 5.41) is 3.50. The van der Waals surface area contributed by atoms with Crippen molar-refractivity contribution < 1.29 is 4.42 Å². The van der Waals surface area contributed by atoms with E-state index < -0.39 is 0 Å². The lowest BCUT2D eigenvalue weighted by molar-refractivity contribution is 0.409. The molecule has 4 nitrogen and oxygen atoms in total. The number of aryl methyl sites for hydroxylation is 3. The molecule has 19 heavy (non-hydrogen) atoms. The molecule has 0 bridgehead atoms. The van der Waals surface area contributed by atoms with Crippen molar-refractivity contribution in [2.75, 3.05) is 6.54 Å². The Balaban J connectivity index is 1.60. The lowest BCUT2D eigenvalue weighted by Crippen LogP contribution is -2.26. The smallest absolute Gasteiger partial charge is 0.120 e. The Bertz CT molecular complexity index is 555. The molecule has 2 aromatic rings. The molecule has 0 aromatic carbocycles. The van der Waals surface area contributed by atoms with Crippen molar-refractivity contribution in [1.82, 2.24) is 14.9 Å². The topological polar surface area (TPSA) is 43.0 Å². The van der Waals surface area contributed by atoms with Crippen LogP contribution in [0, 0.1) is 13.8 Å². The van der Waals surface area contributed by atoms with Crippen LogP contribution in [0.4, 0.5) is 0 Å². The van der Waals surface area contributed by atoms with Crippen LogP contribution < -0.4 is 5.32 Å². The molecular weight excluding hydrogens is 238 g/mol. The number of hydrogen-bond acceptors (Lipinski definition) is 3. The molecule has 1 atom stereocenters. The highest BCUT2D eigenvalue weighted by atomic mass is 16.3. The molecule has 0 saturated heterocycles. The van der Waals surface area contributed by atoms with Gasteiger partial charge < -0.3 is 14.3 Å². The zero-order valence-corrected chi connectivity index (χ0v) is 11.6. The van der Waals surface area contributed by atoms with E-state index in [2.05, 4.69) is 34.9 Å². The molecule has 0 amide bonds. The summed E-state index contributed by atoms with van der Waals surface area (Å²) in [6.07, 6.45) is 6.39. The fourth-order valence-corrected chi connectivity index (χ4v) is 2.85. The molecule has 0 fully saturated rings. The largest absolute Gasteiger partial charge is 0.468 e. The van der Waals surface area contributed by atoms with E-state index in [-0.39, 0.29) is 0 Å². The number of nitrogens with zero attached hydrogens (tertiary/aromatic N) is 2. The molecule has 102 valence electrons. The number of fused-ring (bicyclic) bond motifs is 1. The van der Waals surface area contributed by atoms with Gasteiger partial charge in [0, 0.05) is 25.2 Å². The Hall–Kier alpha value is -1.55. The Kier molecular flexibility index (Phi) is 3.42. The molecule has 0 radical (unpaired) electrons. The van der Waals surface area contributed by atoms with Crippen molar-refractivity contribution >= 4 is 0 Å². The van der Waals surface area contributed by atoms with E-state index in [0.29, 0.717) is 5.92 Å². The monoisotopic (exact) mass is 259 g/mol. The number of aromatic nitrogens is 2. The van der Waals surface area contributed by atoms with Gasteiger partial charge in [0.25, 0.3) is 0 Å². The number of imidazole rings is 1. The number of rotatable bonds is 4. The SMILES string of the molecule is Cc1cn2c(n1)C(CNCc1occc1C)CCC2. The summed E-state index contributed by atoms with van der Waals surface area (Å²) in [6, 6.07) is 2.01. The summed E-state index contributed by atoms with van der Waals surface area (Å²) in [6.45, 7) is 7.04. The molecule has 1 aliphatic rings. The Morgan fingerprint density at radius 3 is 3.16 bits per heavy atom. The van der Waals surface area contributed by atoms with Crippen molar-refractivity contribution in [3.8, 4) is 0 Å². The summed E-state index contributed by atoms with van der Waals surface area (Å²) in [5.74, 6) is 2.81. The normalized spacial score (nSPS) is 18.5. The molecule has 1 unspecified atom stereocenters. The van der Waals surface area contributed by atoms with Crippen molar-refractivity contribution in [3.63, 3.8) is 0 Å². The first-order valence-electron chi connectivity index (χ1n) is 7.01. The quantitative estimate of drug-likeness (QED) is 0.918. The second kappa shape index (κ2) is 5.21. The van der Waals surface area contributed by atoms with Gasteiger partial charge in [-0.2, -0.15) is 0 Å². The highest BCUT2D eigenvalue weighted by Crippen LogP contribution is 2.26. The van der Waals surface area contributed by atoms with E-state index in [4.69, 9.17) is 4.42 Å². The molecule has 0 saturated carbocycles. The third-order valence-electron chi connectivity index (χ3n) is 3.89. The zero-order valence-electron chi connectivity index (χ0n) is 11.6. The molecule has 3 heterocycles. The Labute approximate surface area is 113 Å². The minimum atomic E-state index is 0.526. The number of furan rings is 1. The fraction of sp³-hybridized carbons (Fsp3) is 0.533. The van der Waals surface area contributed by atoms with E-state index in [9.17, 15) is 0 Å². The Morgan fingerprint density at radius 2 is 2.37 bits per heavy atom. The summed E-state index contributed by atoms with van der Waals surface area (Å²) in [4.78, 5) is 4.67. The van der Waals surface area contributed by atoms with Gasteiger partial charge in [0.15, 0.2) is 0 Å². The summed E-state index contributed by atoms with van der Waals surface area (Å²) in [5.41, 5.74) is 2.34. The minimum Gasteiger partial charge on any atom is -0.468 e. The zero-order chi connectivity index (χ0) is 13.2. The second-order valence-corrected chi connectivity index (χ2v) is 5.43. The highest BCUT2D eigenvalue weighted by Gasteiger charge is 2.22. The van der Waals surface area contributed by atoms with Gasteiger partial charge in [0.05, 0.1) is 18.5 Å². The van der Waals surface area contributed by atoms with Crippen LogP contribution in [0.1, 0.15) is 41.6 Å². The molecule has 0 spiro atoms. The van der Waals surface area contributed by atoms with Crippen LogP contribution in [0.15, 0.2) is 22.9 Å². The van der Waals surface area contributed by atoms with Gasteiger partial charge in [-0.1, -0.05) is 0 Å². The van der Waals surface area contributed by atoms with Gasteiger partial charge in [-0.15, -0.1) is 0 Å². The van der Waals surface area contributed by atoms with Gasteiger partial charge >= 0.3 is 0 Å². The van der Waals surface area contributed by atoms with Crippen LogP contribution in [0.25, 0.3) is 0 Å². The van der Waals surface area contributed by atoms with E-state index >= 15 is 0 Å². The van der Waals surface area contributed by atoms with Crippen LogP contribution >= 0.6 is 0 Å². The Morgan fingerprint density at radius 1 is 1.47 bits per heavy atom. The first-order valence-corrected chi connectivity index (χ1v) is 7.01. The van der Waals surface area contributed by atoms with Crippen LogP contribution in [0.3, 0.4) is 0 Å². The molecule has 0 aliphatic carbocycles. The van der Waals surface area contributed by atoms with Gasteiger partial charge in [0.1, 0.15) is 11.6 Å². The average molecular weight is 259 g/mol. The lowest BCUT2D eigenvalue weighted by atomic mass is 9.99. The maximum absolute atomic E-state index is 5.44. The molecule has 4 heteroatoms. The fourth-order valence-electron chi connectivity index (χ4n) is 2.85. The van der Waals surface area contributed by atoms with E-state index in [1.165, 1.54) is 24.2 Å². The van der Waals surface area contributed by atoms with Gasteiger partial charge in [-0.25, -0.2) is 4.98 Å². The van der Waals surface area contributed by atoms with E-state index in [0.717, 1.165) is 31.1 Å². The summed E-state index contributed by atoms with van der Waals surface area (Å²) >= 11 is 0. The van der Waals surface area contributed by atoms with Gasteiger partial charge in [-0.3, -0.25) is 0 Å². The van der Waals surface area contributed by atoms with Crippen LogP contribution in [0.5, 0.6) is 0 Å². The minimum absolute atomic E-state index is 0.526. The van der Waals surface area contributed by atoms with E-state index in [1.807, 2.05) is 6.07 Å². The second-order valence-electron chi connectivity index (χ2n) is 5.43. The van der Waals surface area contributed by atoms with Crippen LogP contribution in [0.2, 0.25) is 0 Å². The summed E-state index contributed by atoms with van der Waals surface area (Å²) in [7, 11) is 0. The first-order chi connectivity index (χ1) is 9.24. The van der Waals surface area contributed by atoms with Crippen molar-refractivity contribution in [1.29, 1.82) is 0 Å². The number of nitrogens with one attached hydrogen (secondary N) is 1. The maximum atomic E-state index is 5.44. The third-order valence-corrected chi connectivity index (χ3v) is 3.89. The molecule has 1 aliphatic heterocycles. The predicted molar refractivity (Wildman–Crippen MR) is 74.1 cm³/mol. The van der Waals surface area contributed by atoms with Crippen LogP contribution in [-0.2, 0) is 13.1 Å². The van der Waals surface area contributed by atoms with Gasteiger partial charge in [0.2, 0.25) is 0 Å². The molecule has 2 aromatic heterocycles. The molecule has 3 rings (SSSR count). The predicted octanol–water partition coefficient (Wildman–Crippen LogP) is 2.76.